The molecule has 3 atom stereocenters. The number of aliphatic hydroxyl groups is 2. The predicted octanol–water partition coefficient (Wildman–Crippen LogP) is 2.37. The molecule has 0 bridgehead atoms. The first-order valence-corrected chi connectivity index (χ1v) is 8.94. The van der Waals surface area contributed by atoms with Gasteiger partial charge in [0.1, 0.15) is 11.7 Å². The Balaban J connectivity index is 2.50. The van der Waals surface area contributed by atoms with Crippen LogP contribution in [0.4, 0.5) is 8.78 Å². The lowest BCUT2D eigenvalue weighted by molar-refractivity contribution is -0.145. The molecular weight excluding hydrogens is 374 g/mol. The number of ketones is 1. The first kappa shape index (κ1) is 22.0. The molecule has 2 N–H and O–H groups in total. The molecule has 2 rings (SSSR count). The normalized spacial score (nSPS) is 30.7. The Morgan fingerprint density at radius 2 is 2.00 bits per heavy atom. The Kier molecular flexibility index (Phi) is 6.90. The summed E-state index contributed by atoms with van der Waals surface area (Å²) in [6, 6.07) is 0. The molecule has 0 aromatic carbocycles. The van der Waals surface area contributed by atoms with E-state index in [2.05, 4.69) is 11.3 Å². The number of methoxy groups -OCH3 is 1. The van der Waals surface area contributed by atoms with E-state index in [0.717, 1.165) is 13.2 Å². The van der Waals surface area contributed by atoms with E-state index < -0.39 is 52.9 Å². The van der Waals surface area contributed by atoms with Crippen molar-refractivity contribution in [1.29, 1.82) is 0 Å². The number of rotatable bonds is 1. The van der Waals surface area contributed by atoms with Crippen LogP contribution in [0.2, 0.25) is 0 Å². The molecule has 0 aromatic heterocycles. The quantitative estimate of drug-likeness (QED) is 0.400. The van der Waals surface area contributed by atoms with Crippen LogP contribution >= 0.6 is 0 Å². The molecule has 0 amide bonds. The number of cyclic esters (lactones) is 1. The number of hydrogen-bond acceptors (Lipinski definition) is 6. The van der Waals surface area contributed by atoms with E-state index >= 15 is 0 Å². The van der Waals surface area contributed by atoms with Crippen LogP contribution in [0.25, 0.3) is 0 Å². The van der Waals surface area contributed by atoms with Crippen LogP contribution in [-0.2, 0) is 19.1 Å². The number of halogens is 2. The highest BCUT2D eigenvalue weighted by molar-refractivity contribution is 6.23. The fourth-order valence-corrected chi connectivity index (χ4v) is 3.08. The third kappa shape index (κ3) is 4.56. The molecule has 154 valence electrons. The molecule has 0 radical (unpaired) electrons. The molecule has 1 heterocycles. The van der Waals surface area contributed by atoms with Gasteiger partial charge in [0.25, 0.3) is 0 Å². The molecule has 6 nitrogen and oxygen atoms in total. The van der Waals surface area contributed by atoms with Crippen molar-refractivity contribution in [2.24, 2.45) is 0 Å². The van der Waals surface area contributed by atoms with Gasteiger partial charge in [-0.15, -0.1) is 0 Å². The second-order valence-electron chi connectivity index (χ2n) is 6.86. The first-order chi connectivity index (χ1) is 13.1. The number of aliphatic hydroxyl groups excluding tert-OH is 2. The zero-order valence-electron chi connectivity index (χ0n) is 15.8. The fourth-order valence-electron chi connectivity index (χ4n) is 3.08. The average molecular weight is 398 g/mol. The maximum absolute atomic E-state index is 14.8. The Morgan fingerprint density at radius 3 is 2.64 bits per heavy atom. The van der Waals surface area contributed by atoms with Crippen molar-refractivity contribution in [2.45, 2.75) is 56.8 Å². The van der Waals surface area contributed by atoms with E-state index in [4.69, 9.17) is 4.74 Å². The van der Waals surface area contributed by atoms with Crippen molar-refractivity contribution in [2.75, 3.05) is 7.11 Å². The molecule has 0 saturated carbocycles. The van der Waals surface area contributed by atoms with Crippen LogP contribution in [0, 0.1) is 0 Å². The predicted molar refractivity (Wildman–Crippen MR) is 96.4 cm³/mol. The van der Waals surface area contributed by atoms with Crippen LogP contribution in [0.3, 0.4) is 0 Å². The van der Waals surface area contributed by atoms with Crippen molar-refractivity contribution in [3.63, 3.8) is 0 Å². The Morgan fingerprint density at radius 1 is 1.32 bits per heavy atom. The van der Waals surface area contributed by atoms with E-state index in [-0.39, 0.29) is 6.42 Å². The second-order valence-corrected chi connectivity index (χ2v) is 6.86. The summed E-state index contributed by atoms with van der Waals surface area (Å²) in [6.45, 7) is 5.31. The summed E-state index contributed by atoms with van der Waals surface area (Å²) in [5.41, 5.74) is -1.24. The molecule has 0 spiro atoms. The summed E-state index contributed by atoms with van der Waals surface area (Å²) < 4.78 is 39.3. The van der Waals surface area contributed by atoms with Gasteiger partial charge in [-0.25, -0.2) is 4.79 Å². The first-order valence-electron chi connectivity index (χ1n) is 8.94. The maximum atomic E-state index is 14.8. The van der Waals surface area contributed by atoms with E-state index in [1.54, 1.807) is 6.92 Å². The average Bonchev–Trinajstić information content (AvgIpc) is 2.62. The molecule has 28 heavy (non-hydrogen) atoms. The highest BCUT2D eigenvalue weighted by atomic mass is 19.3. The molecule has 8 heteroatoms. The summed E-state index contributed by atoms with van der Waals surface area (Å²) in [6.07, 6.45) is 0.586. The summed E-state index contributed by atoms with van der Waals surface area (Å²) in [4.78, 5) is 24.8. The van der Waals surface area contributed by atoms with Gasteiger partial charge in [0.2, 0.25) is 0 Å². The molecule has 0 fully saturated rings. The number of hydrogen-bond donors (Lipinski definition) is 2. The van der Waals surface area contributed by atoms with Gasteiger partial charge in [-0.1, -0.05) is 18.7 Å². The lowest BCUT2D eigenvalue weighted by Crippen LogP contribution is -2.34. The zero-order chi connectivity index (χ0) is 21.1. The lowest BCUT2D eigenvalue weighted by atomic mass is 9.90. The van der Waals surface area contributed by atoms with E-state index in [1.165, 1.54) is 6.08 Å². The number of carbonyl (C=O) groups excluding carboxylic acids is 2. The number of carbonyl (C=O) groups is 2. The van der Waals surface area contributed by atoms with Crippen molar-refractivity contribution in [1.82, 2.24) is 0 Å². The second kappa shape index (κ2) is 8.79. The third-order valence-electron chi connectivity index (χ3n) is 4.71. The smallest absolute Gasteiger partial charge is 0.342 e. The van der Waals surface area contributed by atoms with Crippen molar-refractivity contribution < 1.29 is 38.1 Å². The van der Waals surface area contributed by atoms with Crippen LogP contribution in [-0.4, -0.2) is 53.3 Å². The summed E-state index contributed by atoms with van der Waals surface area (Å²) in [7, 11) is 0.997. The molecule has 0 saturated heterocycles. The minimum absolute atomic E-state index is 0.182. The largest absolute Gasteiger partial charge is 0.494 e. The van der Waals surface area contributed by atoms with E-state index in [9.17, 15) is 28.6 Å². The highest BCUT2D eigenvalue weighted by Gasteiger charge is 2.47. The number of esters is 1. The van der Waals surface area contributed by atoms with Gasteiger partial charge >= 0.3 is 11.9 Å². The standard InChI is InChI=1S/C20H24F2O6/c1-11-6-4-7-12(2)28-19(26)17-13(8-5-9-14(23)18(11)25)20(21,22)16(27-3)10-15(17)24/h5,8,10,12,14,18,23,25H,1,4,6-7,9H2,2-3H3/b8-5+/t12-,14-,18+/m0/s1. The highest BCUT2D eigenvalue weighted by Crippen LogP contribution is 2.39. The Hall–Kier alpha value is -2.32. The SMILES string of the molecule is C=C1CCC[C@H](C)OC(=O)C2=C(/C=C/C[C@H](O)[C@@H]1O)C(F)(F)C(OC)=CC2=O. The summed E-state index contributed by atoms with van der Waals surface area (Å²) in [5.74, 6) is -6.71. The summed E-state index contributed by atoms with van der Waals surface area (Å²) >= 11 is 0. The van der Waals surface area contributed by atoms with Crippen molar-refractivity contribution in [3.05, 3.63) is 47.3 Å². The van der Waals surface area contributed by atoms with Gasteiger partial charge in [-0.05, 0) is 38.2 Å². The lowest BCUT2D eigenvalue weighted by Gasteiger charge is -2.26. The number of ether oxygens (including phenoxy) is 2. The molecule has 1 aliphatic carbocycles. The van der Waals surface area contributed by atoms with Crippen molar-refractivity contribution >= 4 is 11.8 Å². The van der Waals surface area contributed by atoms with Crippen LogP contribution in [0.15, 0.2) is 47.3 Å². The summed E-state index contributed by atoms with van der Waals surface area (Å²) in [5, 5.41) is 20.2. The monoisotopic (exact) mass is 398 g/mol. The van der Waals surface area contributed by atoms with Crippen molar-refractivity contribution in [3.8, 4) is 0 Å². The third-order valence-corrected chi connectivity index (χ3v) is 4.71. The van der Waals surface area contributed by atoms with Crippen LogP contribution in [0.1, 0.15) is 32.6 Å². The van der Waals surface area contributed by atoms with E-state index in [0.29, 0.717) is 30.9 Å². The van der Waals surface area contributed by atoms with Gasteiger partial charge in [0, 0.05) is 11.6 Å². The molecule has 0 unspecified atom stereocenters. The van der Waals surface area contributed by atoms with Gasteiger partial charge in [0.05, 0.1) is 19.3 Å². The maximum Gasteiger partial charge on any atom is 0.342 e. The minimum atomic E-state index is -3.74. The minimum Gasteiger partial charge on any atom is -0.494 e. The topological polar surface area (TPSA) is 93.1 Å². The number of alkyl halides is 2. The molecular formula is C20H24F2O6. The van der Waals surface area contributed by atoms with Gasteiger partial charge in [0.15, 0.2) is 11.5 Å². The van der Waals surface area contributed by atoms with Crippen LogP contribution in [0.5, 0.6) is 0 Å². The van der Waals surface area contributed by atoms with E-state index in [1.807, 2.05) is 0 Å². The fraction of sp³-hybridized carbons (Fsp3) is 0.500. The van der Waals surface area contributed by atoms with Gasteiger partial charge in [-0.3, -0.25) is 4.79 Å². The Bertz CT molecular complexity index is 750. The molecule has 0 aromatic rings. The number of allylic oxidation sites excluding steroid dienone is 3. The zero-order valence-corrected chi connectivity index (χ0v) is 15.8. The molecule has 2 aliphatic rings. The van der Waals surface area contributed by atoms with Gasteiger partial charge in [-0.2, -0.15) is 8.78 Å². The van der Waals surface area contributed by atoms with Crippen LogP contribution < -0.4 is 0 Å². The Labute approximate surface area is 161 Å². The van der Waals surface area contributed by atoms with Gasteiger partial charge < -0.3 is 19.7 Å². The molecule has 1 aliphatic heterocycles.